The van der Waals surface area contributed by atoms with Crippen LogP contribution in [0.3, 0.4) is 0 Å². The molecular formula is C21H31F2N3O8. The largest absolute Gasteiger partial charge is 0.508 e. The Balaban J connectivity index is 1.95. The highest BCUT2D eigenvalue weighted by Gasteiger charge is 2.60. The van der Waals surface area contributed by atoms with E-state index in [0.29, 0.717) is 17.4 Å². The van der Waals surface area contributed by atoms with E-state index in [1.807, 2.05) is 13.8 Å². The van der Waals surface area contributed by atoms with Crippen LogP contribution in [0.2, 0.25) is 0 Å². The van der Waals surface area contributed by atoms with Crippen molar-refractivity contribution >= 4 is 18.1 Å². The first-order chi connectivity index (χ1) is 16.2. The highest BCUT2D eigenvalue weighted by Crippen LogP contribution is 2.42. The quantitative estimate of drug-likeness (QED) is 0.333. The minimum atomic E-state index is -3.89. The first kappa shape index (κ1) is 27.4. The summed E-state index contributed by atoms with van der Waals surface area (Å²) in [6.45, 7) is 3.57. The maximum absolute atomic E-state index is 14.6. The third kappa shape index (κ3) is 7.62. The number of rotatable bonds is 12. The molecule has 11 nitrogen and oxygen atoms in total. The van der Waals surface area contributed by atoms with Crippen molar-refractivity contribution in [1.29, 1.82) is 0 Å². The number of anilines is 1. The summed E-state index contributed by atoms with van der Waals surface area (Å²) in [6.07, 6.45) is -2.22. The van der Waals surface area contributed by atoms with Crippen LogP contribution in [-0.4, -0.2) is 64.9 Å². The van der Waals surface area contributed by atoms with E-state index < -0.39 is 48.9 Å². The fourth-order valence-corrected chi connectivity index (χ4v) is 3.12. The molecule has 1 aromatic heterocycles. The van der Waals surface area contributed by atoms with Gasteiger partial charge in [-0.2, -0.15) is 13.8 Å². The summed E-state index contributed by atoms with van der Waals surface area (Å²) < 4.78 is 49.3. The van der Waals surface area contributed by atoms with Gasteiger partial charge in [-0.05, 0) is 18.9 Å². The molecule has 0 saturated carbocycles. The molecule has 2 N–H and O–H groups in total. The second kappa shape index (κ2) is 13.2. The summed E-state index contributed by atoms with van der Waals surface area (Å²) >= 11 is 0. The van der Waals surface area contributed by atoms with Crippen LogP contribution in [0, 0.1) is 0 Å². The number of hydrogen-bond donors (Lipinski definition) is 2. The van der Waals surface area contributed by atoms with Crippen LogP contribution in [-0.2, 0) is 18.9 Å². The van der Waals surface area contributed by atoms with Gasteiger partial charge in [-0.1, -0.05) is 39.5 Å². The Bertz CT molecular complexity index is 867. The molecular weight excluding hydrogens is 460 g/mol. The van der Waals surface area contributed by atoms with Crippen molar-refractivity contribution in [2.24, 2.45) is 0 Å². The molecule has 0 spiro atoms. The van der Waals surface area contributed by atoms with Crippen LogP contribution < -0.4 is 11.0 Å². The van der Waals surface area contributed by atoms with E-state index in [9.17, 15) is 28.3 Å². The molecule has 2 heterocycles. The van der Waals surface area contributed by atoms with Gasteiger partial charge in [0.15, 0.2) is 6.10 Å². The zero-order chi connectivity index (χ0) is 25.1. The first-order valence-corrected chi connectivity index (χ1v) is 11.2. The van der Waals surface area contributed by atoms with Gasteiger partial charge in [0.05, 0.1) is 13.2 Å². The minimum Gasteiger partial charge on any atom is -0.449 e. The topological polar surface area (TPSA) is 138 Å². The number of nitrogens with one attached hydrogen (secondary N) is 1. The number of aromatic nitrogens is 2. The third-order valence-corrected chi connectivity index (χ3v) is 5.01. The maximum atomic E-state index is 14.6. The fraction of sp³-hybridized carbons (Fsp3) is 0.714. The number of nitrogens with zero attached hydrogens (tertiary/aromatic N) is 2. The van der Waals surface area contributed by atoms with Crippen molar-refractivity contribution in [1.82, 2.24) is 9.55 Å². The minimum absolute atomic E-state index is 0.118. The van der Waals surface area contributed by atoms with Gasteiger partial charge < -0.3 is 24.1 Å². The van der Waals surface area contributed by atoms with E-state index in [1.54, 1.807) is 0 Å². The highest BCUT2D eigenvalue weighted by molar-refractivity contribution is 5.83. The number of carbonyl (C=O) groups excluding carboxylic acids is 2. The van der Waals surface area contributed by atoms with E-state index in [4.69, 9.17) is 18.9 Å². The third-order valence-electron chi connectivity index (χ3n) is 5.01. The van der Waals surface area contributed by atoms with Gasteiger partial charge in [0, 0.05) is 6.20 Å². The Morgan fingerprint density at radius 3 is 2.41 bits per heavy atom. The maximum Gasteiger partial charge on any atom is 0.508 e. The fourth-order valence-electron chi connectivity index (χ4n) is 3.12. The second-order valence-corrected chi connectivity index (χ2v) is 7.73. The van der Waals surface area contributed by atoms with Crippen molar-refractivity contribution in [2.45, 2.75) is 76.7 Å². The Hall–Kier alpha value is -2.80. The SMILES string of the molecule is CCCCCOC(=O)Nc1ccn([C@@H]2O[C@H](COC(=O)OCCCCC)[C@@H](O)C2(F)F)c(=O)n1. The number of hydrogen-bond acceptors (Lipinski definition) is 9. The number of unbranched alkanes of at least 4 members (excludes halogenated alkanes) is 4. The molecule has 13 heteroatoms. The molecule has 1 amide bonds. The zero-order valence-electron chi connectivity index (χ0n) is 19.2. The lowest BCUT2D eigenvalue weighted by Crippen LogP contribution is -2.42. The van der Waals surface area contributed by atoms with Crippen LogP contribution in [0.5, 0.6) is 0 Å². The Kier molecular flexibility index (Phi) is 10.6. The lowest BCUT2D eigenvalue weighted by molar-refractivity contribution is -0.141. The van der Waals surface area contributed by atoms with E-state index in [0.717, 1.165) is 37.9 Å². The standard InChI is InChI=1S/C21H31F2N3O8/c1-3-5-7-11-31-19(29)25-15-9-10-26(18(28)24-15)17-21(22,23)16(27)14(34-17)13-33-20(30)32-12-8-6-4-2/h9-10,14,16-17,27H,3-8,11-13H2,1-2H3,(H,24,25,28,29)/t14-,16-,17-/m1/s1. The van der Waals surface area contributed by atoms with Crippen LogP contribution in [0.4, 0.5) is 24.2 Å². The van der Waals surface area contributed by atoms with Gasteiger partial charge in [0.1, 0.15) is 18.5 Å². The molecule has 192 valence electrons. The predicted molar refractivity (Wildman–Crippen MR) is 115 cm³/mol. The Morgan fingerprint density at radius 2 is 1.79 bits per heavy atom. The molecule has 1 saturated heterocycles. The number of alkyl halides is 2. The van der Waals surface area contributed by atoms with Gasteiger partial charge in [0.2, 0.25) is 6.23 Å². The summed E-state index contributed by atoms with van der Waals surface area (Å²) in [5, 5.41) is 12.2. The van der Waals surface area contributed by atoms with Crippen molar-refractivity contribution in [3.8, 4) is 0 Å². The average molecular weight is 491 g/mol. The van der Waals surface area contributed by atoms with Gasteiger partial charge in [-0.15, -0.1) is 0 Å². The smallest absolute Gasteiger partial charge is 0.449 e. The van der Waals surface area contributed by atoms with Crippen molar-refractivity contribution in [2.75, 3.05) is 25.1 Å². The lowest BCUT2D eigenvalue weighted by Gasteiger charge is -2.21. The van der Waals surface area contributed by atoms with Crippen LogP contribution in [0.25, 0.3) is 0 Å². The molecule has 3 atom stereocenters. The molecule has 0 radical (unpaired) electrons. The van der Waals surface area contributed by atoms with Crippen LogP contribution in [0.1, 0.15) is 58.6 Å². The molecule has 1 aliphatic heterocycles. The molecule has 0 aromatic carbocycles. The number of amides is 1. The van der Waals surface area contributed by atoms with E-state index in [-0.39, 0.29) is 19.0 Å². The van der Waals surface area contributed by atoms with Gasteiger partial charge in [0.25, 0.3) is 0 Å². The van der Waals surface area contributed by atoms with Crippen molar-refractivity contribution in [3.05, 3.63) is 22.7 Å². The van der Waals surface area contributed by atoms with Crippen LogP contribution in [0.15, 0.2) is 17.1 Å². The summed E-state index contributed by atoms with van der Waals surface area (Å²) in [4.78, 5) is 39.2. The zero-order valence-corrected chi connectivity index (χ0v) is 19.2. The normalized spacial score (nSPS) is 21.1. The molecule has 1 fully saturated rings. The Labute approximate surface area is 195 Å². The molecule has 1 aromatic rings. The number of carbonyl (C=O) groups is 2. The average Bonchev–Trinajstić information content (AvgIpc) is 3.02. The number of aliphatic hydroxyl groups is 1. The monoisotopic (exact) mass is 491 g/mol. The summed E-state index contributed by atoms with van der Waals surface area (Å²) in [5.74, 6) is -4.09. The van der Waals surface area contributed by atoms with E-state index in [1.165, 1.54) is 0 Å². The highest BCUT2D eigenvalue weighted by atomic mass is 19.3. The van der Waals surface area contributed by atoms with Gasteiger partial charge in [-0.3, -0.25) is 9.88 Å². The van der Waals surface area contributed by atoms with E-state index in [2.05, 4.69) is 10.3 Å². The summed E-state index contributed by atoms with van der Waals surface area (Å²) in [7, 11) is 0. The lowest BCUT2D eigenvalue weighted by atomic mass is 10.1. The van der Waals surface area contributed by atoms with Gasteiger partial charge in [-0.25, -0.2) is 14.4 Å². The molecule has 34 heavy (non-hydrogen) atoms. The molecule has 2 rings (SSSR count). The molecule has 0 aliphatic carbocycles. The Morgan fingerprint density at radius 1 is 1.15 bits per heavy atom. The van der Waals surface area contributed by atoms with Crippen LogP contribution >= 0.6 is 0 Å². The summed E-state index contributed by atoms with van der Waals surface area (Å²) in [5.41, 5.74) is -1.16. The number of halogens is 2. The van der Waals surface area contributed by atoms with Crippen molar-refractivity contribution < 1.29 is 42.4 Å². The first-order valence-electron chi connectivity index (χ1n) is 11.2. The molecule has 1 aliphatic rings. The summed E-state index contributed by atoms with van der Waals surface area (Å²) in [6, 6.07) is 1.11. The van der Waals surface area contributed by atoms with E-state index >= 15 is 0 Å². The predicted octanol–water partition coefficient (Wildman–Crippen LogP) is 3.22. The second-order valence-electron chi connectivity index (χ2n) is 7.73. The van der Waals surface area contributed by atoms with Crippen molar-refractivity contribution in [3.63, 3.8) is 0 Å². The van der Waals surface area contributed by atoms with Gasteiger partial charge >= 0.3 is 23.9 Å². The molecule has 0 bridgehead atoms. The number of aliphatic hydroxyl groups excluding tert-OH is 1. The number of ether oxygens (including phenoxy) is 4. The molecule has 0 unspecified atom stereocenters.